The Labute approximate surface area is 149 Å². The van der Waals surface area contributed by atoms with Gasteiger partial charge in [0.25, 0.3) is 5.91 Å². The van der Waals surface area contributed by atoms with E-state index in [1.807, 2.05) is 0 Å². The third-order valence-electron chi connectivity index (χ3n) is 3.32. The quantitative estimate of drug-likeness (QED) is 0.663. The third kappa shape index (κ3) is 4.77. The van der Waals surface area contributed by atoms with Crippen LogP contribution in [-0.2, 0) is 11.3 Å². The highest BCUT2D eigenvalue weighted by molar-refractivity contribution is 6.33. The van der Waals surface area contributed by atoms with Gasteiger partial charge < -0.3 is 25.6 Å². The summed E-state index contributed by atoms with van der Waals surface area (Å²) in [6, 6.07) is 9.85. The van der Waals surface area contributed by atoms with Gasteiger partial charge in [-0.1, -0.05) is 23.7 Å². The van der Waals surface area contributed by atoms with Crippen LogP contribution >= 0.6 is 11.6 Å². The molecule has 0 unspecified atom stereocenters. The van der Waals surface area contributed by atoms with Crippen LogP contribution in [-0.4, -0.2) is 30.7 Å². The maximum Gasteiger partial charge on any atom is 0.337 e. The van der Waals surface area contributed by atoms with Crippen molar-refractivity contribution in [2.75, 3.05) is 19.0 Å². The van der Waals surface area contributed by atoms with E-state index in [0.717, 1.165) is 5.56 Å². The summed E-state index contributed by atoms with van der Waals surface area (Å²) in [6.45, 7) is 0.0700. The van der Waals surface area contributed by atoms with Crippen LogP contribution in [0.25, 0.3) is 0 Å². The maximum atomic E-state index is 11.0. The van der Waals surface area contributed by atoms with Crippen molar-refractivity contribution in [1.82, 2.24) is 0 Å². The Bertz CT molecular complexity index is 795. The molecular formula is C17H17ClN2O5. The van der Waals surface area contributed by atoms with Crippen molar-refractivity contribution < 1.29 is 24.2 Å². The zero-order chi connectivity index (χ0) is 18.4. The van der Waals surface area contributed by atoms with Gasteiger partial charge in [0.1, 0.15) is 0 Å². The van der Waals surface area contributed by atoms with Crippen LogP contribution in [0.1, 0.15) is 15.9 Å². The lowest BCUT2D eigenvalue weighted by molar-refractivity contribution is -0.119. The summed E-state index contributed by atoms with van der Waals surface area (Å²) >= 11 is 5.95. The summed E-state index contributed by atoms with van der Waals surface area (Å²) in [7, 11) is 1.49. The summed E-state index contributed by atoms with van der Waals surface area (Å²) < 4.78 is 10.7. The number of carbonyl (C=O) groups excluding carboxylic acids is 1. The fourth-order valence-electron chi connectivity index (χ4n) is 2.16. The molecule has 0 spiro atoms. The Balaban J connectivity index is 2.18. The maximum absolute atomic E-state index is 11.0. The molecule has 0 aromatic heterocycles. The lowest BCUT2D eigenvalue weighted by atomic mass is 10.1. The molecule has 2 aromatic rings. The SMILES string of the molecule is COc1cccc(CNc2ccc(C(=O)O)c(Cl)c2)c1OCC(N)=O. The number of primary amides is 1. The van der Waals surface area contributed by atoms with Gasteiger partial charge >= 0.3 is 5.97 Å². The van der Waals surface area contributed by atoms with E-state index in [0.29, 0.717) is 23.7 Å². The monoisotopic (exact) mass is 364 g/mol. The molecule has 0 radical (unpaired) electrons. The zero-order valence-corrected chi connectivity index (χ0v) is 14.2. The zero-order valence-electron chi connectivity index (χ0n) is 13.4. The van der Waals surface area contributed by atoms with Crippen molar-refractivity contribution in [3.05, 3.63) is 52.5 Å². The number of amides is 1. The van der Waals surface area contributed by atoms with Crippen molar-refractivity contribution in [2.24, 2.45) is 5.73 Å². The number of nitrogens with one attached hydrogen (secondary N) is 1. The number of rotatable bonds is 8. The number of hydrogen-bond acceptors (Lipinski definition) is 5. The first kappa shape index (κ1) is 18.4. The lowest BCUT2D eigenvalue weighted by Gasteiger charge is -2.15. The first-order valence-corrected chi connectivity index (χ1v) is 7.64. The number of aromatic carboxylic acids is 1. The van der Waals surface area contributed by atoms with E-state index in [1.54, 1.807) is 24.3 Å². The van der Waals surface area contributed by atoms with Gasteiger partial charge in [-0.15, -0.1) is 0 Å². The summed E-state index contributed by atoms with van der Waals surface area (Å²) in [5.74, 6) is -0.809. The van der Waals surface area contributed by atoms with Gasteiger partial charge in [-0.2, -0.15) is 0 Å². The van der Waals surface area contributed by atoms with Crippen molar-refractivity contribution in [2.45, 2.75) is 6.54 Å². The predicted molar refractivity (Wildman–Crippen MR) is 93.4 cm³/mol. The molecule has 0 saturated carbocycles. The molecule has 0 aliphatic rings. The van der Waals surface area contributed by atoms with Crippen molar-refractivity contribution in [1.29, 1.82) is 0 Å². The highest BCUT2D eigenvalue weighted by Crippen LogP contribution is 2.32. The number of hydrogen-bond donors (Lipinski definition) is 3. The first-order valence-electron chi connectivity index (χ1n) is 7.26. The molecular weight excluding hydrogens is 348 g/mol. The molecule has 0 saturated heterocycles. The fraction of sp³-hybridized carbons (Fsp3) is 0.176. The molecule has 0 aliphatic heterocycles. The number of methoxy groups -OCH3 is 1. The van der Waals surface area contributed by atoms with Gasteiger partial charge in [0.15, 0.2) is 18.1 Å². The Kier molecular flexibility index (Phi) is 6.08. The smallest absolute Gasteiger partial charge is 0.337 e. The first-order chi connectivity index (χ1) is 11.9. The molecule has 4 N–H and O–H groups in total. The number of carbonyl (C=O) groups is 2. The minimum atomic E-state index is -1.09. The Morgan fingerprint density at radius 1 is 1.28 bits per heavy atom. The third-order valence-corrected chi connectivity index (χ3v) is 3.63. The number of halogens is 1. The van der Waals surface area contributed by atoms with Crippen LogP contribution < -0.4 is 20.5 Å². The molecule has 1 amide bonds. The number of anilines is 1. The number of benzene rings is 2. The second kappa shape index (κ2) is 8.25. The fourth-order valence-corrected chi connectivity index (χ4v) is 2.43. The summed E-state index contributed by atoms with van der Waals surface area (Å²) in [6.07, 6.45) is 0. The number of para-hydroxylation sites is 1. The molecule has 8 heteroatoms. The van der Waals surface area contributed by atoms with E-state index in [9.17, 15) is 9.59 Å². The van der Waals surface area contributed by atoms with E-state index in [-0.39, 0.29) is 17.2 Å². The van der Waals surface area contributed by atoms with Gasteiger partial charge in [-0.25, -0.2) is 4.79 Å². The molecule has 0 atom stereocenters. The minimum absolute atomic E-state index is 0.0269. The standard InChI is InChI=1S/C17H17ClN2O5/c1-24-14-4-2-3-10(16(14)25-9-15(19)21)8-20-11-5-6-12(17(22)23)13(18)7-11/h2-7,20H,8-9H2,1H3,(H2,19,21)(H,22,23). The second-order valence-corrected chi connectivity index (χ2v) is 5.46. The van der Waals surface area contributed by atoms with Crippen LogP contribution in [0.4, 0.5) is 5.69 Å². The number of ether oxygens (including phenoxy) is 2. The van der Waals surface area contributed by atoms with Gasteiger partial charge in [-0.3, -0.25) is 4.79 Å². The predicted octanol–water partition coefficient (Wildman–Crippen LogP) is 2.52. The number of carboxylic acids is 1. The molecule has 2 rings (SSSR count). The molecule has 7 nitrogen and oxygen atoms in total. The highest BCUT2D eigenvalue weighted by atomic mass is 35.5. The van der Waals surface area contributed by atoms with Crippen LogP contribution in [0, 0.1) is 0 Å². The van der Waals surface area contributed by atoms with E-state index in [2.05, 4.69) is 5.32 Å². The average Bonchev–Trinajstić information content (AvgIpc) is 2.57. The molecule has 2 aromatic carbocycles. The number of nitrogens with two attached hydrogens (primary N) is 1. The van der Waals surface area contributed by atoms with E-state index in [4.69, 9.17) is 31.9 Å². The van der Waals surface area contributed by atoms with E-state index in [1.165, 1.54) is 19.2 Å². The van der Waals surface area contributed by atoms with Gasteiger partial charge in [-0.05, 0) is 24.3 Å². The molecule has 25 heavy (non-hydrogen) atoms. The Morgan fingerprint density at radius 2 is 2.04 bits per heavy atom. The minimum Gasteiger partial charge on any atom is -0.493 e. The topological polar surface area (TPSA) is 111 Å². The summed E-state index contributed by atoms with van der Waals surface area (Å²) in [5.41, 5.74) is 6.52. The molecule has 0 bridgehead atoms. The summed E-state index contributed by atoms with van der Waals surface area (Å²) in [4.78, 5) is 21.9. The Morgan fingerprint density at radius 3 is 2.64 bits per heavy atom. The van der Waals surface area contributed by atoms with Gasteiger partial charge in [0.2, 0.25) is 0 Å². The van der Waals surface area contributed by atoms with Gasteiger partial charge in [0, 0.05) is 17.8 Å². The lowest BCUT2D eigenvalue weighted by Crippen LogP contribution is -2.21. The van der Waals surface area contributed by atoms with Crippen molar-refractivity contribution >= 4 is 29.2 Å². The van der Waals surface area contributed by atoms with Crippen molar-refractivity contribution in [3.63, 3.8) is 0 Å². The van der Waals surface area contributed by atoms with Gasteiger partial charge in [0.05, 0.1) is 17.7 Å². The highest BCUT2D eigenvalue weighted by Gasteiger charge is 2.13. The number of carboxylic acid groups (broad SMARTS) is 1. The molecule has 0 fully saturated rings. The van der Waals surface area contributed by atoms with E-state index >= 15 is 0 Å². The van der Waals surface area contributed by atoms with E-state index < -0.39 is 11.9 Å². The largest absolute Gasteiger partial charge is 0.493 e. The van der Waals surface area contributed by atoms with Crippen LogP contribution in [0.3, 0.4) is 0 Å². The van der Waals surface area contributed by atoms with Crippen molar-refractivity contribution in [3.8, 4) is 11.5 Å². The molecule has 0 aliphatic carbocycles. The molecule has 132 valence electrons. The van der Waals surface area contributed by atoms with Crippen LogP contribution in [0.5, 0.6) is 11.5 Å². The molecule has 0 heterocycles. The average molecular weight is 365 g/mol. The normalized spacial score (nSPS) is 10.2. The second-order valence-electron chi connectivity index (χ2n) is 5.06. The van der Waals surface area contributed by atoms with Crippen LogP contribution in [0.2, 0.25) is 5.02 Å². The van der Waals surface area contributed by atoms with Crippen LogP contribution in [0.15, 0.2) is 36.4 Å². The Hall–Kier alpha value is -2.93. The summed E-state index contributed by atoms with van der Waals surface area (Å²) in [5, 5.41) is 12.2.